The van der Waals surface area contributed by atoms with E-state index in [0.717, 1.165) is 12.4 Å². The van der Waals surface area contributed by atoms with Crippen LogP contribution in [0.2, 0.25) is 0 Å². The van der Waals surface area contributed by atoms with Crippen LogP contribution in [0.1, 0.15) is 24.8 Å². The molecule has 0 saturated carbocycles. The topological polar surface area (TPSA) is 46.5 Å². The predicted molar refractivity (Wildman–Crippen MR) is 61.4 cm³/mol. The summed E-state index contributed by atoms with van der Waals surface area (Å²) in [4.78, 5) is 10.4. The molecule has 1 N–H and O–H groups in total. The molecular formula is C11H12BrFO3. The van der Waals surface area contributed by atoms with E-state index in [4.69, 9.17) is 4.74 Å². The van der Waals surface area contributed by atoms with Crippen molar-refractivity contribution in [3.05, 3.63) is 21.9 Å². The Bertz CT molecular complexity index is 407. The lowest BCUT2D eigenvalue weighted by Gasteiger charge is -2.15. The Morgan fingerprint density at radius 3 is 2.81 bits per heavy atom. The maximum atomic E-state index is 13.7. The van der Waals surface area contributed by atoms with Crippen molar-refractivity contribution < 1.29 is 19.0 Å². The zero-order valence-electron chi connectivity index (χ0n) is 8.96. The standard InChI is InChI=1S/C11H12BrFO3/c1-6(3-4-14)9-7(13)5-8(16-2)11(15)10(9)12/h4-6,15H,3H2,1-2H3. The summed E-state index contributed by atoms with van der Waals surface area (Å²) in [5.74, 6) is -0.900. The fourth-order valence-corrected chi connectivity index (χ4v) is 2.25. The zero-order chi connectivity index (χ0) is 12.3. The number of hydrogen-bond acceptors (Lipinski definition) is 3. The second kappa shape index (κ2) is 5.30. The van der Waals surface area contributed by atoms with Gasteiger partial charge in [-0.15, -0.1) is 0 Å². The number of aromatic hydroxyl groups is 1. The van der Waals surface area contributed by atoms with Crippen LogP contribution in [-0.2, 0) is 4.79 Å². The highest BCUT2D eigenvalue weighted by atomic mass is 79.9. The van der Waals surface area contributed by atoms with Crippen molar-refractivity contribution >= 4 is 22.2 Å². The van der Waals surface area contributed by atoms with Crippen LogP contribution in [0.3, 0.4) is 0 Å². The van der Waals surface area contributed by atoms with Gasteiger partial charge in [-0.1, -0.05) is 6.92 Å². The number of benzene rings is 1. The first-order valence-corrected chi connectivity index (χ1v) is 5.50. The first-order valence-electron chi connectivity index (χ1n) is 4.71. The minimum absolute atomic E-state index is 0.0615. The van der Waals surface area contributed by atoms with Crippen LogP contribution in [0.4, 0.5) is 4.39 Å². The lowest BCUT2D eigenvalue weighted by atomic mass is 9.97. The molecule has 1 rings (SSSR count). The number of carbonyl (C=O) groups is 1. The highest BCUT2D eigenvalue weighted by Gasteiger charge is 2.20. The van der Waals surface area contributed by atoms with E-state index in [9.17, 15) is 14.3 Å². The fourth-order valence-electron chi connectivity index (χ4n) is 1.47. The Morgan fingerprint density at radius 2 is 2.31 bits per heavy atom. The first-order chi connectivity index (χ1) is 7.52. The summed E-state index contributed by atoms with van der Waals surface area (Å²) in [5, 5.41) is 9.69. The Labute approximate surface area is 101 Å². The fraction of sp³-hybridized carbons (Fsp3) is 0.364. The van der Waals surface area contributed by atoms with Gasteiger partial charge in [0, 0.05) is 18.1 Å². The Kier molecular flexibility index (Phi) is 4.29. The number of phenolic OH excluding ortho intramolecular Hbond substituents is 1. The smallest absolute Gasteiger partial charge is 0.172 e. The molecule has 0 saturated heterocycles. The van der Waals surface area contributed by atoms with Crippen molar-refractivity contribution in [1.82, 2.24) is 0 Å². The molecule has 0 radical (unpaired) electrons. The molecule has 88 valence electrons. The number of aldehydes is 1. The molecule has 16 heavy (non-hydrogen) atoms. The minimum atomic E-state index is -0.504. The number of phenols is 1. The lowest BCUT2D eigenvalue weighted by molar-refractivity contribution is -0.108. The second-order valence-electron chi connectivity index (χ2n) is 3.44. The molecular weight excluding hydrogens is 279 g/mol. The summed E-state index contributed by atoms with van der Waals surface area (Å²) < 4.78 is 18.8. The first kappa shape index (κ1) is 13.0. The summed E-state index contributed by atoms with van der Waals surface area (Å²) in [7, 11) is 1.34. The van der Waals surface area contributed by atoms with Gasteiger partial charge >= 0.3 is 0 Å². The molecule has 0 bridgehead atoms. The van der Waals surface area contributed by atoms with E-state index >= 15 is 0 Å². The highest BCUT2D eigenvalue weighted by Crippen LogP contribution is 2.41. The van der Waals surface area contributed by atoms with Gasteiger partial charge in [0.15, 0.2) is 11.5 Å². The van der Waals surface area contributed by atoms with Crippen molar-refractivity contribution in [2.75, 3.05) is 7.11 Å². The van der Waals surface area contributed by atoms with Gasteiger partial charge in [-0.3, -0.25) is 0 Å². The van der Waals surface area contributed by atoms with Crippen LogP contribution in [0.5, 0.6) is 11.5 Å². The molecule has 0 spiro atoms. The molecule has 1 unspecified atom stereocenters. The van der Waals surface area contributed by atoms with Crippen molar-refractivity contribution in [2.45, 2.75) is 19.3 Å². The number of methoxy groups -OCH3 is 1. The van der Waals surface area contributed by atoms with Gasteiger partial charge in [-0.2, -0.15) is 0 Å². The third-order valence-corrected chi connectivity index (χ3v) is 3.16. The summed E-state index contributed by atoms with van der Waals surface area (Å²) >= 11 is 3.11. The summed E-state index contributed by atoms with van der Waals surface area (Å²) in [6.45, 7) is 1.71. The van der Waals surface area contributed by atoms with E-state index in [1.807, 2.05) is 0 Å². The van der Waals surface area contributed by atoms with Gasteiger partial charge in [0.25, 0.3) is 0 Å². The molecule has 3 nitrogen and oxygen atoms in total. The lowest BCUT2D eigenvalue weighted by Crippen LogP contribution is -2.01. The Hall–Kier alpha value is -1.10. The van der Waals surface area contributed by atoms with Crippen LogP contribution >= 0.6 is 15.9 Å². The van der Waals surface area contributed by atoms with E-state index in [0.29, 0.717) is 0 Å². The van der Waals surface area contributed by atoms with Crippen molar-refractivity contribution in [1.29, 1.82) is 0 Å². The van der Waals surface area contributed by atoms with Crippen LogP contribution in [-0.4, -0.2) is 18.5 Å². The number of ether oxygens (including phenoxy) is 1. The molecule has 0 amide bonds. The minimum Gasteiger partial charge on any atom is -0.503 e. The Balaban J connectivity index is 3.29. The third-order valence-electron chi connectivity index (χ3n) is 2.36. The summed E-state index contributed by atoms with van der Waals surface area (Å²) in [6, 6.07) is 1.11. The largest absolute Gasteiger partial charge is 0.503 e. The van der Waals surface area contributed by atoms with Crippen molar-refractivity contribution in [3.63, 3.8) is 0 Å². The van der Waals surface area contributed by atoms with Gasteiger partial charge in [-0.05, 0) is 21.8 Å². The predicted octanol–water partition coefficient (Wildman–Crippen LogP) is 2.99. The highest BCUT2D eigenvalue weighted by molar-refractivity contribution is 9.10. The maximum Gasteiger partial charge on any atom is 0.172 e. The molecule has 0 heterocycles. The molecule has 1 aromatic rings. The normalized spacial score (nSPS) is 12.2. The SMILES string of the molecule is COc1cc(F)c(C(C)CC=O)c(Br)c1O. The Morgan fingerprint density at radius 1 is 1.69 bits per heavy atom. The quantitative estimate of drug-likeness (QED) is 0.867. The average Bonchev–Trinajstić information content (AvgIpc) is 2.24. The molecule has 0 aliphatic heterocycles. The summed E-state index contributed by atoms with van der Waals surface area (Å²) in [5.41, 5.74) is 0.283. The summed E-state index contributed by atoms with van der Waals surface area (Å²) in [6.07, 6.45) is 0.916. The van der Waals surface area contributed by atoms with Gasteiger partial charge in [0.05, 0.1) is 11.6 Å². The van der Waals surface area contributed by atoms with Gasteiger partial charge in [-0.25, -0.2) is 4.39 Å². The van der Waals surface area contributed by atoms with Crippen LogP contribution in [0.25, 0.3) is 0 Å². The molecule has 0 aliphatic rings. The maximum absolute atomic E-state index is 13.7. The van der Waals surface area contributed by atoms with E-state index in [-0.39, 0.29) is 33.9 Å². The molecule has 1 atom stereocenters. The molecule has 0 aliphatic carbocycles. The molecule has 1 aromatic carbocycles. The third kappa shape index (κ3) is 2.35. The van der Waals surface area contributed by atoms with Crippen molar-refractivity contribution in [2.24, 2.45) is 0 Å². The number of rotatable bonds is 4. The number of hydrogen-bond donors (Lipinski definition) is 1. The van der Waals surface area contributed by atoms with Gasteiger partial charge in [0.1, 0.15) is 12.1 Å². The molecule has 0 fully saturated rings. The van der Waals surface area contributed by atoms with Gasteiger partial charge < -0.3 is 14.6 Å². The van der Waals surface area contributed by atoms with E-state index in [1.54, 1.807) is 6.92 Å². The average molecular weight is 291 g/mol. The van der Waals surface area contributed by atoms with Crippen molar-refractivity contribution in [3.8, 4) is 11.5 Å². The van der Waals surface area contributed by atoms with E-state index in [1.165, 1.54) is 7.11 Å². The number of carbonyl (C=O) groups excluding carboxylic acids is 1. The monoisotopic (exact) mass is 290 g/mol. The number of halogens is 2. The molecule has 0 aromatic heterocycles. The zero-order valence-corrected chi connectivity index (χ0v) is 10.5. The van der Waals surface area contributed by atoms with Gasteiger partial charge in [0.2, 0.25) is 0 Å². The van der Waals surface area contributed by atoms with E-state index in [2.05, 4.69) is 15.9 Å². The second-order valence-corrected chi connectivity index (χ2v) is 4.23. The molecule has 5 heteroatoms. The van der Waals surface area contributed by atoms with Crippen LogP contribution in [0, 0.1) is 5.82 Å². The van der Waals surface area contributed by atoms with Crippen LogP contribution in [0.15, 0.2) is 10.5 Å². The van der Waals surface area contributed by atoms with Crippen LogP contribution < -0.4 is 4.74 Å². The van der Waals surface area contributed by atoms with E-state index < -0.39 is 5.82 Å².